The second kappa shape index (κ2) is 6.54. The van der Waals surface area contributed by atoms with E-state index in [4.69, 9.17) is 10.00 Å². The summed E-state index contributed by atoms with van der Waals surface area (Å²) in [6.45, 7) is 3.68. The number of anilines is 1. The van der Waals surface area contributed by atoms with Gasteiger partial charge in [0.05, 0.1) is 18.4 Å². The van der Waals surface area contributed by atoms with Gasteiger partial charge in [-0.05, 0) is 19.8 Å². The smallest absolute Gasteiger partial charge is 0.158 e. The predicted molar refractivity (Wildman–Crippen MR) is 80.0 cm³/mol. The van der Waals surface area contributed by atoms with Crippen molar-refractivity contribution in [2.75, 3.05) is 11.9 Å². The lowest BCUT2D eigenvalue weighted by Gasteiger charge is -2.32. The van der Waals surface area contributed by atoms with Crippen molar-refractivity contribution in [1.29, 1.82) is 5.26 Å². The minimum atomic E-state index is -0.110. The topological polar surface area (TPSA) is 88.6 Å². The van der Waals surface area contributed by atoms with Crippen LogP contribution in [0.1, 0.15) is 37.4 Å². The summed E-state index contributed by atoms with van der Waals surface area (Å²) in [4.78, 5) is 12.7. The number of ether oxygens (including phenoxy) is 1. The minimum absolute atomic E-state index is 0.0867. The van der Waals surface area contributed by atoms with E-state index in [0.717, 1.165) is 31.8 Å². The van der Waals surface area contributed by atoms with E-state index in [1.54, 1.807) is 12.4 Å². The summed E-state index contributed by atoms with van der Waals surface area (Å²) in [5, 5.41) is 12.1. The Hall–Kier alpha value is -2.46. The number of imidazole rings is 1. The Morgan fingerprint density at radius 3 is 3.05 bits per heavy atom. The fourth-order valence-electron chi connectivity index (χ4n) is 2.68. The second-order valence-electron chi connectivity index (χ2n) is 5.15. The first kappa shape index (κ1) is 14.5. The fraction of sp³-hybridized carbons (Fsp3) is 0.467. The van der Waals surface area contributed by atoms with E-state index < -0.39 is 0 Å². The zero-order valence-corrected chi connectivity index (χ0v) is 12.4. The molecule has 2 atom stereocenters. The minimum Gasteiger partial charge on any atom is -0.368 e. The van der Waals surface area contributed by atoms with E-state index in [1.165, 1.54) is 6.20 Å². The number of rotatable bonds is 4. The molecule has 0 aliphatic carbocycles. The van der Waals surface area contributed by atoms with Gasteiger partial charge in [-0.2, -0.15) is 5.26 Å². The van der Waals surface area contributed by atoms with Crippen LogP contribution in [0.5, 0.6) is 0 Å². The lowest BCUT2D eigenvalue weighted by Crippen LogP contribution is -2.35. The zero-order valence-electron chi connectivity index (χ0n) is 12.4. The van der Waals surface area contributed by atoms with E-state index in [9.17, 15) is 0 Å². The molecule has 0 spiro atoms. The van der Waals surface area contributed by atoms with Crippen LogP contribution in [0.2, 0.25) is 0 Å². The highest BCUT2D eigenvalue weighted by atomic mass is 16.5. The second-order valence-corrected chi connectivity index (χ2v) is 5.15. The molecule has 1 aliphatic rings. The van der Waals surface area contributed by atoms with Crippen LogP contribution in [-0.4, -0.2) is 32.2 Å². The standard InChI is InChI=1S/C15H18N6O/c1-2-21-6-5-17-15(21)14-12(4-3-7-22-14)20-13-10-18-11(8-16)9-19-13/h5-6,9-10,12,14H,2-4,7H2,1H3,(H,19,20)/t12-,14-/m0/s1. The third-order valence-corrected chi connectivity index (χ3v) is 3.76. The number of hydrogen-bond donors (Lipinski definition) is 1. The average molecular weight is 298 g/mol. The number of nitrogens with one attached hydrogen (secondary N) is 1. The van der Waals surface area contributed by atoms with Crippen LogP contribution in [0.4, 0.5) is 5.82 Å². The maximum atomic E-state index is 8.77. The molecule has 1 saturated heterocycles. The zero-order chi connectivity index (χ0) is 15.4. The van der Waals surface area contributed by atoms with E-state index in [1.807, 2.05) is 12.3 Å². The molecule has 3 rings (SSSR count). The molecular weight excluding hydrogens is 280 g/mol. The van der Waals surface area contributed by atoms with Gasteiger partial charge in [0, 0.05) is 25.5 Å². The maximum absolute atomic E-state index is 8.77. The van der Waals surface area contributed by atoms with Crippen LogP contribution < -0.4 is 5.32 Å². The number of nitriles is 1. The van der Waals surface area contributed by atoms with Crippen LogP contribution in [0.25, 0.3) is 0 Å². The van der Waals surface area contributed by atoms with Gasteiger partial charge in [-0.25, -0.2) is 15.0 Å². The number of aromatic nitrogens is 4. The van der Waals surface area contributed by atoms with E-state index >= 15 is 0 Å². The molecule has 0 amide bonds. The molecule has 1 N–H and O–H groups in total. The third kappa shape index (κ3) is 2.92. The van der Waals surface area contributed by atoms with Crippen LogP contribution in [0.15, 0.2) is 24.8 Å². The lowest BCUT2D eigenvalue weighted by molar-refractivity contribution is -0.00178. The largest absolute Gasteiger partial charge is 0.368 e. The van der Waals surface area contributed by atoms with Gasteiger partial charge in [-0.3, -0.25) is 0 Å². The van der Waals surface area contributed by atoms with E-state index in [-0.39, 0.29) is 12.1 Å². The third-order valence-electron chi connectivity index (χ3n) is 3.76. The van der Waals surface area contributed by atoms with Crippen molar-refractivity contribution >= 4 is 5.82 Å². The Morgan fingerprint density at radius 2 is 2.32 bits per heavy atom. The first-order chi connectivity index (χ1) is 10.8. The molecule has 2 aromatic rings. The van der Waals surface area contributed by atoms with Crippen LogP contribution in [0, 0.1) is 11.3 Å². The van der Waals surface area contributed by atoms with Crippen molar-refractivity contribution in [2.45, 2.75) is 38.5 Å². The van der Waals surface area contributed by atoms with Crippen LogP contribution in [-0.2, 0) is 11.3 Å². The van der Waals surface area contributed by atoms with Crippen LogP contribution in [0.3, 0.4) is 0 Å². The SMILES string of the molecule is CCn1ccnc1[C@H]1OCCC[C@@H]1Nc1cnc(C#N)cn1. The molecule has 0 saturated carbocycles. The Morgan fingerprint density at radius 1 is 1.41 bits per heavy atom. The Bertz CT molecular complexity index is 659. The van der Waals surface area contributed by atoms with Gasteiger partial charge in [0.25, 0.3) is 0 Å². The molecular formula is C15H18N6O. The summed E-state index contributed by atoms with van der Waals surface area (Å²) < 4.78 is 8.04. The summed E-state index contributed by atoms with van der Waals surface area (Å²) in [5.41, 5.74) is 0.309. The highest BCUT2D eigenvalue weighted by molar-refractivity contribution is 5.35. The van der Waals surface area contributed by atoms with Crippen molar-refractivity contribution in [2.24, 2.45) is 0 Å². The van der Waals surface area contributed by atoms with Gasteiger partial charge < -0.3 is 14.6 Å². The summed E-state index contributed by atoms with van der Waals surface area (Å²) in [5.74, 6) is 1.58. The highest BCUT2D eigenvalue weighted by Crippen LogP contribution is 2.29. The van der Waals surface area contributed by atoms with Crippen molar-refractivity contribution in [3.8, 4) is 6.07 Å². The Labute approximate surface area is 129 Å². The van der Waals surface area contributed by atoms with Crippen LogP contribution >= 0.6 is 0 Å². The number of nitrogens with zero attached hydrogens (tertiary/aromatic N) is 5. The van der Waals surface area contributed by atoms with Crippen molar-refractivity contribution < 1.29 is 4.74 Å². The number of hydrogen-bond acceptors (Lipinski definition) is 6. The average Bonchev–Trinajstić information content (AvgIpc) is 3.04. The van der Waals surface area contributed by atoms with Gasteiger partial charge in [0.1, 0.15) is 23.8 Å². The summed E-state index contributed by atoms with van der Waals surface area (Å²) >= 11 is 0. The molecule has 3 heterocycles. The summed E-state index contributed by atoms with van der Waals surface area (Å²) in [7, 11) is 0. The quantitative estimate of drug-likeness (QED) is 0.927. The highest BCUT2D eigenvalue weighted by Gasteiger charge is 2.30. The van der Waals surface area contributed by atoms with E-state index in [0.29, 0.717) is 11.5 Å². The lowest BCUT2D eigenvalue weighted by atomic mass is 10.0. The molecule has 1 fully saturated rings. The molecule has 0 radical (unpaired) electrons. The fourth-order valence-corrected chi connectivity index (χ4v) is 2.68. The number of aryl methyl sites for hydroxylation is 1. The molecule has 7 heteroatoms. The molecule has 0 unspecified atom stereocenters. The van der Waals surface area contributed by atoms with E-state index in [2.05, 4.69) is 31.8 Å². The van der Waals surface area contributed by atoms with Crippen molar-refractivity contribution in [3.63, 3.8) is 0 Å². The summed E-state index contributed by atoms with van der Waals surface area (Å²) in [6, 6.07) is 2.05. The maximum Gasteiger partial charge on any atom is 0.158 e. The molecule has 1 aliphatic heterocycles. The van der Waals surface area contributed by atoms with Gasteiger partial charge in [-0.1, -0.05) is 0 Å². The molecule has 2 aromatic heterocycles. The normalized spacial score (nSPS) is 21.3. The molecule has 0 bridgehead atoms. The predicted octanol–water partition coefficient (Wildman–Crippen LogP) is 1.90. The van der Waals surface area contributed by atoms with Gasteiger partial charge >= 0.3 is 0 Å². The van der Waals surface area contributed by atoms with Crippen molar-refractivity contribution in [1.82, 2.24) is 19.5 Å². The molecule has 0 aromatic carbocycles. The van der Waals surface area contributed by atoms with Crippen molar-refractivity contribution in [3.05, 3.63) is 36.3 Å². The Balaban J connectivity index is 1.79. The molecule has 22 heavy (non-hydrogen) atoms. The molecule has 7 nitrogen and oxygen atoms in total. The van der Waals surface area contributed by atoms with Gasteiger partial charge in [0.15, 0.2) is 5.69 Å². The van der Waals surface area contributed by atoms with Gasteiger partial charge in [0.2, 0.25) is 0 Å². The molecule has 114 valence electrons. The Kier molecular flexibility index (Phi) is 4.30. The first-order valence-corrected chi connectivity index (χ1v) is 7.43. The van der Waals surface area contributed by atoms with Gasteiger partial charge in [-0.15, -0.1) is 0 Å². The monoisotopic (exact) mass is 298 g/mol. The first-order valence-electron chi connectivity index (χ1n) is 7.43. The summed E-state index contributed by atoms with van der Waals surface area (Å²) in [6.07, 6.45) is 8.67.